The Hall–Kier alpha value is -1.77. The first kappa shape index (κ1) is 19.6. The van der Waals surface area contributed by atoms with Gasteiger partial charge in [-0.3, -0.25) is 4.79 Å². The lowest BCUT2D eigenvalue weighted by Crippen LogP contribution is -2.22. The Bertz CT molecular complexity index is 689. The van der Waals surface area contributed by atoms with Crippen molar-refractivity contribution in [2.75, 3.05) is 0 Å². The van der Waals surface area contributed by atoms with Crippen molar-refractivity contribution in [2.24, 2.45) is 0 Å². The first-order valence-corrected chi connectivity index (χ1v) is 9.20. The van der Waals surface area contributed by atoms with Crippen LogP contribution in [0.3, 0.4) is 0 Å². The lowest BCUT2D eigenvalue weighted by atomic mass is 9.76. The van der Waals surface area contributed by atoms with Crippen LogP contribution in [0, 0.1) is 0 Å². The molecule has 138 valence electrons. The van der Waals surface area contributed by atoms with Crippen molar-refractivity contribution in [3.05, 3.63) is 28.3 Å². The molecule has 1 saturated carbocycles. The van der Waals surface area contributed by atoms with Crippen LogP contribution in [0.5, 0.6) is 11.5 Å². The summed E-state index contributed by atoms with van der Waals surface area (Å²) in [6.45, 7) is 13.9. The van der Waals surface area contributed by atoms with Crippen LogP contribution in [-0.4, -0.2) is 11.1 Å². The topological polar surface area (TPSA) is 46.5 Å². The van der Waals surface area contributed by atoms with E-state index >= 15 is 0 Å². The van der Waals surface area contributed by atoms with Crippen LogP contribution >= 0.6 is 0 Å². The van der Waals surface area contributed by atoms with E-state index < -0.39 is 0 Å². The molecule has 0 saturated heterocycles. The van der Waals surface area contributed by atoms with Gasteiger partial charge in [0, 0.05) is 23.6 Å². The van der Waals surface area contributed by atoms with Crippen molar-refractivity contribution in [1.29, 1.82) is 0 Å². The molecule has 0 spiro atoms. The third-order valence-corrected chi connectivity index (χ3v) is 4.70. The number of hydrogen-bond acceptors (Lipinski definition) is 3. The fourth-order valence-electron chi connectivity index (χ4n) is 3.54. The standard InChI is InChI=1S/C22H32O3/c1-14(23)25-20-17(21(2,3)4)13-18(24)16(19(20)22(5,6)7)12-15-10-8-9-11-15/h12-13,24H,8-11H2,1-7H3. The number of carbonyl (C=O) groups excluding carboxylic acids is 1. The molecule has 1 aliphatic carbocycles. The van der Waals surface area contributed by atoms with Gasteiger partial charge < -0.3 is 9.84 Å². The van der Waals surface area contributed by atoms with Crippen molar-refractivity contribution in [3.8, 4) is 11.5 Å². The molecule has 3 nitrogen and oxygen atoms in total. The second-order valence-electron chi connectivity index (χ2n) is 9.16. The van der Waals surface area contributed by atoms with E-state index in [0.29, 0.717) is 5.75 Å². The van der Waals surface area contributed by atoms with E-state index in [4.69, 9.17) is 4.74 Å². The first-order valence-electron chi connectivity index (χ1n) is 9.20. The largest absolute Gasteiger partial charge is 0.507 e. The number of allylic oxidation sites excluding steroid dienone is 1. The highest BCUT2D eigenvalue weighted by atomic mass is 16.5. The number of ether oxygens (including phenoxy) is 1. The smallest absolute Gasteiger partial charge is 0.308 e. The van der Waals surface area contributed by atoms with Gasteiger partial charge in [0.05, 0.1) is 0 Å². The Labute approximate surface area is 152 Å². The van der Waals surface area contributed by atoms with Gasteiger partial charge in [-0.05, 0) is 42.6 Å². The molecule has 0 unspecified atom stereocenters. The van der Waals surface area contributed by atoms with E-state index in [2.05, 4.69) is 47.6 Å². The third kappa shape index (κ3) is 4.45. The Balaban J connectivity index is 2.84. The lowest BCUT2D eigenvalue weighted by molar-refractivity contribution is -0.132. The summed E-state index contributed by atoms with van der Waals surface area (Å²) < 4.78 is 5.71. The zero-order valence-corrected chi connectivity index (χ0v) is 16.7. The van der Waals surface area contributed by atoms with Gasteiger partial charge in [0.15, 0.2) is 0 Å². The molecule has 2 rings (SSSR count). The number of benzene rings is 1. The predicted octanol–water partition coefficient (Wildman–Crippen LogP) is 5.87. The molecule has 0 aliphatic heterocycles. The summed E-state index contributed by atoms with van der Waals surface area (Å²) in [5.74, 6) is 0.543. The first-order chi connectivity index (χ1) is 11.4. The maximum Gasteiger partial charge on any atom is 0.308 e. The van der Waals surface area contributed by atoms with E-state index in [1.807, 2.05) is 0 Å². The molecule has 1 N–H and O–H groups in total. The molecule has 1 aromatic carbocycles. The highest BCUT2D eigenvalue weighted by Gasteiger charge is 2.32. The Kier molecular flexibility index (Phi) is 5.36. The monoisotopic (exact) mass is 344 g/mol. The van der Waals surface area contributed by atoms with Crippen LogP contribution in [-0.2, 0) is 15.6 Å². The maximum absolute atomic E-state index is 11.8. The number of rotatable bonds is 2. The van der Waals surface area contributed by atoms with Gasteiger partial charge in [-0.15, -0.1) is 0 Å². The molecule has 1 aromatic rings. The summed E-state index contributed by atoms with van der Waals surface area (Å²) in [7, 11) is 0. The van der Waals surface area contributed by atoms with Crippen LogP contribution in [0.2, 0.25) is 0 Å². The van der Waals surface area contributed by atoms with E-state index in [1.54, 1.807) is 6.07 Å². The number of phenols is 1. The second-order valence-corrected chi connectivity index (χ2v) is 9.16. The van der Waals surface area contributed by atoms with Gasteiger partial charge in [0.25, 0.3) is 0 Å². The second kappa shape index (κ2) is 6.86. The van der Waals surface area contributed by atoms with Crippen LogP contribution in [0.1, 0.15) is 90.8 Å². The van der Waals surface area contributed by atoms with E-state index in [1.165, 1.54) is 25.3 Å². The Morgan fingerprint density at radius 2 is 1.64 bits per heavy atom. The minimum atomic E-state index is -0.332. The summed E-state index contributed by atoms with van der Waals surface area (Å²) in [5.41, 5.74) is 3.41. The summed E-state index contributed by atoms with van der Waals surface area (Å²) in [6.07, 6.45) is 6.67. The molecule has 0 aromatic heterocycles. The van der Waals surface area contributed by atoms with Crippen LogP contribution in [0.15, 0.2) is 11.6 Å². The molecule has 0 atom stereocenters. The van der Waals surface area contributed by atoms with E-state index in [-0.39, 0.29) is 22.5 Å². The lowest BCUT2D eigenvalue weighted by Gasteiger charge is -2.31. The zero-order chi connectivity index (χ0) is 19.0. The molecular formula is C22H32O3. The number of carbonyl (C=O) groups is 1. The maximum atomic E-state index is 11.8. The third-order valence-electron chi connectivity index (χ3n) is 4.70. The van der Waals surface area contributed by atoms with Gasteiger partial charge in [-0.1, -0.05) is 53.2 Å². The number of hydrogen-bond donors (Lipinski definition) is 1. The van der Waals surface area contributed by atoms with Gasteiger partial charge >= 0.3 is 5.97 Å². The number of esters is 1. The van der Waals surface area contributed by atoms with Crippen molar-refractivity contribution >= 4 is 12.0 Å². The summed E-state index contributed by atoms with van der Waals surface area (Å²) in [5, 5.41) is 10.8. The molecule has 0 bridgehead atoms. The summed E-state index contributed by atoms with van der Waals surface area (Å²) in [6, 6.07) is 1.77. The Morgan fingerprint density at radius 1 is 1.08 bits per heavy atom. The fraction of sp³-hybridized carbons (Fsp3) is 0.591. The average Bonchev–Trinajstić information content (AvgIpc) is 2.91. The molecule has 3 heteroatoms. The predicted molar refractivity (Wildman–Crippen MR) is 103 cm³/mol. The van der Waals surface area contributed by atoms with Gasteiger partial charge in [0.1, 0.15) is 11.5 Å². The Morgan fingerprint density at radius 3 is 2.08 bits per heavy atom. The SMILES string of the molecule is CC(=O)Oc1c(C(C)(C)C)cc(O)c(C=C2CCCC2)c1C(C)(C)C. The highest BCUT2D eigenvalue weighted by molar-refractivity contribution is 5.76. The molecule has 25 heavy (non-hydrogen) atoms. The molecule has 1 fully saturated rings. The van der Waals surface area contributed by atoms with Gasteiger partial charge in [0.2, 0.25) is 0 Å². The molecular weight excluding hydrogens is 312 g/mol. The molecule has 0 heterocycles. The average molecular weight is 344 g/mol. The van der Waals surface area contributed by atoms with Crippen LogP contribution in [0.4, 0.5) is 0 Å². The minimum Gasteiger partial charge on any atom is -0.507 e. The minimum absolute atomic E-state index is 0.249. The number of aromatic hydroxyl groups is 1. The van der Waals surface area contributed by atoms with Gasteiger partial charge in [-0.25, -0.2) is 0 Å². The van der Waals surface area contributed by atoms with Crippen molar-refractivity contribution in [2.45, 2.75) is 85.0 Å². The highest BCUT2D eigenvalue weighted by Crippen LogP contribution is 2.46. The van der Waals surface area contributed by atoms with Crippen molar-refractivity contribution in [3.63, 3.8) is 0 Å². The van der Waals surface area contributed by atoms with Crippen molar-refractivity contribution < 1.29 is 14.6 Å². The fourth-order valence-corrected chi connectivity index (χ4v) is 3.54. The number of phenolic OH excluding ortho intramolecular Hbond substituents is 1. The van der Waals surface area contributed by atoms with E-state index in [9.17, 15) is 9.90 Å². The van der Waals surface area contributed by atoms with Crippen molar-refractivity contribution in [1.82, 2.24) is 0 Å². The normalized spacial score (nSPS) is 15.4. The quantitative estimate of drug-likeness (QED) is 0.539. The molecule has 0 radical (unpaired) electrons. The van der Waals surface area contributed by atoms with E-state index in [0.717, 1.165) is 29.5 Å². The van der Waals surface area contributed by atoms with Crippen LogP contribution < -0.4 is 4.74 Å². The van der Waals surface area contributed by atoms with Gasteiger partial charge in [-0.2, -0.15) is 0 Å². The molecule has 0 amide bonds. The van der Waals surface area contributed by atoms with Crippen LogP contribution in [0.25, 0.3) is 6.08 Å². The summed E-state index contributed by atoms with van der Waals surface area (Å²) >= 11 is 0. The molecule has 1 aliphatic rings. The summed E-state index contributed by atoms with van der Waals surface area (Å²) in [4.78, 5) is 11.8. The zero-order valence-electron chi connectivity index (χ0n) is 16.7.